The molecule has 2 rings (SSSR count). The first-order valence-corrected chi connectivity index (χ1v) is 8.45. The van der Waals surface area contributed by atoms with Gasteiger partial charge in [-0.05, 0) is 18.6 Å². The van der Waals surface area contributed by atoms with E-state index < -0.39 is 0 Å². The number of hydrogen-bond donors (Lipinski definition) is 1. The second kappa shape index (κ2) is 7.66. The van der Waals surface area contributed by atoms with Crippen molar-refractivity contribution in [2.24, 2.45) is 0 Å². The minimum Gasteiger partial charge on any atom is -0.370 e. The summed E-state index contributed by atoms with van der Waals surface area (Å²) in [5.41, 5.74) is 1.12. The maximum absolute atomic E-state index is 6.19. The normalized spacial score (nSPS) is 10.9. The standard InChI is InChI=1S/C16H20ClN3S/c1-4-18-14-9-15(20-16(19-14)11(2)3)21-10-12-7-5-6-8-13(12)17/h5-9,11H,4,10H2,1-3H3,(H,18,19,20). The molecule has 1 aromatic heterocycles. The van der Waals surface area contributed by atoms with E-state index in [1.807, 2.05) is 30.3 Å². The summed E-state index contributed by atoms with van der Waals surface area (Å²) >= 11 is 7.88. The first-order valence-electron chi connectivity index (χ1n) is 7.09. The van der Waals surface area contributed by atoms with Crippen molar-refractivity contribution < 1.29 is 0 Å². The Labute approximate surface area is 135 Å². The summed E-state index contributed by atoms with van der Waals surface area (Å²) in [7, 11) is 0. The Balaban J connectivity index is 2.17. The molecule has 112 valence electrons. The van der Waals surface area contributed by atoms with Gasteiger partial charge in [0.25, 0.3) is 0 Å². The summed E-state index contributed by atoms with van der Waals surface area (Å²) in [5.74, 6) is 2.87. The number of hydrogen-bond acceptors (Lipinski definition) is 4. The van der Waals surface area contributed by atoms with Gasteiger partial charge in [-0.1, -0.05) is 43.6 Å². The molecule has 0 atom stereocenters. The highest BCUT2D eigenvalue weighted by Gasteiger charge is 2.09. The van der Waals surface area contributed by atoms with E-state index in [2.05, 4.69) is 36.1 Å². The van der Waals surface area contributed by atoms with Crippen molar-refractivity contribution >= 4 is 29.2 Å². The number of aromatic nitrogens is 2. The van der Waals surface area contributed by atoms with Crippen molar-refractivity contribution in [2.45, 2.75) is 37.5 Å². The predicted octanol–water partition coefficient (Wildman–Crippen LogP) is 4.98. The minimum absolute atomic E-state index is 0.309. The quantitative estimate of drug-likeness (QED) is 0.601. The first kappa shape index (κ1) is 16.1. The SMILES string of the molecule is CCNc1cc(SCc2ccccc2Cl)nc(C(C)C)n1. The second-order valence-electron chi connectivity index (χ2n) is 5.01. The molecule has 21 heavy (non-hydrogen) atoms. The number of nitrogens with zero attached hydrogens (tertiary/aromatic N) is 2. The van der Waals surface area contributed by atoms with Gasteiger partial charge in [-0.3, -0.25) is 0 Å². The van der Waals surface area contributed by atoms with Gasteiger partial charge in [-0.2, -0.15) is 0 Å². The third-order valence-electron chi connectivity index (χ3n) is 2.93. The van der Waals surface area contributed by atoms with Crippen LogP contribution in [0.5, 0.6) is 0 Å². The minimum atomic E-state index is 0.309. The lowest BCUT2D eigenvalue weighted by atomic mass is 10.2. The van der Waals surface area contributed by atoms with Crippen LogP contribution in [0.25, 0.3) is 0 Å². The molecule has 0 saturated heterocycles. The molecular weight excluding hydrogens is 302 g/mol. The van der Waals surface area contributed by atoms with Crippen LogP contribution in [0.15, 0.2) is 35.4 Å². The number of halogens is 1. The molecule has 0 aliphatic heterocycles. The van der Waals surface area contributed by atoms with E-state index in [1.54, 1.807) is 11.8 Å². The Bertz CT molecular complexity index is 602. The average molecular weight is 322 g/mol. The zero-order chi connectivity index (χ0) is 15.2. The Morgan fingerprint density at radius 3 is 2.67 bits per heavy atom. The fourth-order valence-corrected chi connectivity index (χ4v) is 3.00. The van der Waals surface area contributed by atoms with Gasteiger partial charge in [0, 0.05) is 29.3 Å². The summed E-state index contributed by atoms with van der Waals surface area (Å²) in [4.78, 5) is 9.16. The zero-order valence-corrected chi connectivity index (χ0v) is 14.1. The predicted molar refractivity (Wildman–Crippen MR) is 91.3 cm³/mol. The van der Waals surface area contributed by atoms with Gasteiger partial charge in [-0.25, -0.2) is 9.97 Å². The highest BCUT2D eigenvalue weighted by molar-refractivity contribution is 7.98. The van der Waals surface area contributed by atoms with Crippen molar-refractivity contribution in [3.05, 3.63) is 46.7 Å². The molecule has 0 bridgehead atoms. The monoisotopic (exact) mass is 321 g/mol. The number of thioether (sulfide) groups is 1. The van der Waals surface area contributed by atoms with Gasteiger partial charge in [0.05, 0.1) is 0 Å². The number of nitrogens with one attached hydrogen (secondary N) is 1. The number of anilines is 1. The molecule has 0 aliphatic rings. The molecule has 0 fully saturated rings. The van der Waals surface area contributed by atoms with Gasteiger partial charge < -0.3 is 5.32 Å². The molecular formula is C16H20ClN3S. The lowest BCUT2D eigenvalue weighted by Gasteiger charge is -2.11. The van der Waals surface area contributed by atoms with Crippen LogP contribution in [0.1, 0.15) is 38.1 Å². The molecule has 1 heterocycles. The van der Waals surface area contributed by atoms with Crippen LogP contribution < -0.4 is 5.32 Å². The lowest BCUT2D eigenvalue weighted by molar-refractivity contribution is 0.754. The van der Waals surface area contributed by atoms with Crippen molar-refractivity contribution in [1.29, 1.82) is 0 Å². The van der Waals surface area contributed by atoms with E-state index in [-0.39, 0.29) is 0 Å². The third kappa shape index (κ3) is 4.61. The zero-order valence-electron chi connectivity index (χ0n) is 12.6. The van der Waals surface area contributed by atoms with Crippen LogP contribution in [-0.2, 0) is 5.75 Å². The summed E-state index contributed by atoms with van der Waals surface area (Å²) in [5, 5.41) is 5.04. The fraction of sp³-hybridized carbons (Fsp3) is 0.375. The summed E-state index contributed by atoms with van der Waals surface area (Å²) < 4.78 is 0. The van der Waals surface area contributed by atoms with E-state index >= 15 is 0 Å². The highest BCUT2D eigenvalue weighted by atomic mass is 35.5. The summed E-state index contributed by atoms with van der Waals surface area (Å²) in [6.45, 7) is 7.12. The molecule has 2 aromatic rings. The van der Waals surface area contributed by atoms with Crippen LogP contribution in [0, 0.1) is 0 Å². The molecule has 0 saturated carbocycles. The fourth-order valence-electron chi connectivity index (χ4n) is 1.81. The van der Waals surface area contributed by atoms with Gasteiger partial charge in [0.1, 0.15) is 16.7 Å². The molecule has 0 aliphatic carbocycles. The molecule has 3 nitrogen and oxygen atoms in total. The largest absolute Gasteiger partial charge is 0.370 e. The van der Waals surface area contributed by atoms with Crippen LogP contribution in [0.4, 0.5) is 5.82 Å². The van der Waals surface area contributed by atoms with Crippen molar-refractivity contribution in [2.75, 3.05) is 11.9 Å². The molecule has 1 aromatic carbocycles. The van der Waals surface area contributed by atoms with E-state index in [0.717, 1.165) is 39.6 Å². The maximum Gasteiger partial charge on any atom is 0.134 e. The van der Waals surface area contributed by atoms with Gasteiger partial charge in [0.15, 0.2) is 0 Å². The van der Waals surface area contributed by atoms with Crippen molar-refractivity contribution in [3.8, 4) is 0 Å². The Kier molecular flexibility index (Phi) is 5.88. The van der Waals surface area contributed by atoms with Crippen LogP contribution in [0.2, 0.25) is 5.02 Å². The van der Waals surface area contributed by atoms with Gasteiger partial charge in [0.2, 0.25) is 0 Å². The van der Waals surface area contributed by atoms with Crippen molar-refractivity contribution in [1.82, 2.24) is 9.97 Å². The van der Waals surface area contributed by atoms with E-state index in [9.17, 15) is 0 Å². The van der Waals surface area contributed by atoms with E-state index in [1.165, 1.54) is 0 Å². The summed E-state index contributed by atoms with van der Waals surface area (Å²) in [6.07, 6.45) is 0. The molecule has 0 amide bonds. The van der Waals surface area contributed by atoms with E-state index in [4.69, 9.17) is 11.6 Å². The van der Waals surface area contributed by atoms with Crippen LogP contribution >= 0.6 is 23.4 Å². The van der Waals surface area contributed by atoms with Gasteiger partial charge in [-0.15, -0.1) is 11.8 Å². The first-order chi connectivity index (χ1) is 10.1. The summed E-state index contributed by atoms with van der Waals surface area (Å²) in [6, 6.07) is 9.91. The lowest BCUT2D eigenvalue weighted by Crippen LogP contribution is -2.05. The molecule has 0 unspecified atom stereocenters. The second-order valence-corrected chi connectivity index (χ2v) is 6.42. The number of rotatable bonds is 6. The van der Waals surface area contributed by atoms with Gasteiger partial charge >= 0.3 is 0 Å². The molecule has 5 heteroatoms. The Morgan fingerprint density at radius 2 is 2.00 bits per heavy atom. The third-order valence-corrected chi connectivity index (χ3v) is 4.26. The molecule has 1 N–H and O–H groups in total. The molecule has 0 spiro atoms. The average Bonchev–Trinajstić information content (AvgIpc) is 2.46. The Morgan fingerprint density at radius 1 is 1.24 bits per heavy atom. The maximum atomic E-state index is 6.19. The smallest absolute Gasteiger partial charge is 0.134 e. The number of benzene rings is 1. The van der Waals surface area contributed by atoms with Crippen molar-refractivity contribution in [3.63, 3.8) is 0 Å². The van der Waals surface area contributed by atoms with E-state index in [0.29, 0.717) is 5.92 Å². The Hall–Kier alpha value is -1.26. The highest BCUT2D eigenvalue weighted by Crippen LogP contribution is 2.27. The topological polar surface area (TPSA) is 37.8 Å². The van der Waals surface area contributed by atoms with Crippen LogP contribution in [0.3, 0.4) is 0 Å². The van der Waals surface area contributed by atoms with Crippen LogP contribution in [-0.4, -0.2) is 16.5 Å². The molecule has 0 radical (unpaired) electrons.